The summed E-state index contributed by atoms with van der Waals surface area (Å²) < 4.78 is 69.5. The van der Waals surface area contributed by atoms with E-state index in [1.54, 1.807) is 4.90 Å². The fourth-order valence-electron chi connectivity index (χ4n) is 14.8. The highest BCUT2D eigenvalue weighted by Crippen LogP contribution is 2.38. The van der Waals surface area contributed by atoms with Gasteiger partial charge in [-0.25, -0.2) is 0 Å². The number of aliphatic hydroxyl groups is 9. The Bertz CT molecular complexity index is 2940. The number of carbonyl (C=O) groups excluding carboxylic acids is 11. The van der Waals surface area contributed by atoms with Crippen molar-refractivity contribution in [2.45, 2.75) is 312 Å². The van der Waals surface area contributed by atoms with Crippen molar-refractivity contribution in [2.24, 2.45) is 11.3 Å². The number of hydrogen-bond acceptors (Lipinski definition) is 31. The monoisotopic (exact) mass is 1800 g/mol. The maximum atomic E-state index is 14.2. The fraction of sp³-hybridized carbons (Fsp3) is 0.866. The lowest BCUT2D eigenvalue weighted by atomic mass is 9.84. The normalized spacial score (nSPS) is 25.4. The predicted molar refractivity (Wildman–Crippen MR) is 444 cm³/mol. The van der Waals surface area contributed by atoms with E-state index in [-0.39, 0.29) is 216 Å². The molecule has 0 aliphatic carbocycles. The minimum Gasteiger partial charge on any atom is -0.394 e. The first-order valence-electron chi connectivity index (χ1n) is 44.1. The van der Waals surface area contributed by atoms with Crippen LogP contribution in [-0.2, 0) is 104 Å². The molecule has 4 saturated heterocycles. The lowest BCUT2D eigenvalue weighted by Gasteiger charge is -2.42. The van der Waals surface area contributed by atoms with Gasteiger partial charge in [0, 0.05) is 156 Å². The summed E-state index contributed by atoms with van der Waals surface area (Å²) in [6, 6.07) is -3.53. The minimum atomic E-state index is -3.68. The van der Waals surface area contributed by atoms with Gasteiger partial charge in [-0.2, -0.15) is 0 Å². The molecule has 42 heteroatoms. The van der Waals surface area contributed by atoms with E-state index in [1.165, 1.54) is 20.8 Å². The van der Waals surface area contributed by atoms with Crippen molar-refractivity contribution in [2.75, 3.05) is 132 Å². The Morgan fingerprint density at radius 2 is 0.718 bits per heavy atom. The van der Waals surface area contributed by atoms with Crippen LogP contribution in [-0.4, -0.2) is 350 Å². The molecule has 0 bridgehead atoms. The zero-order chi connectivity index (χ0) is 91.4. The third-order valence-electron chi connectivity index (χ3n) is 21.5. The molecule has 4 aliphatic rings. The zero-order valence-corrected chi connectivity index (χ0v) is 74.0. The van der Waals surface area contributed by atoms with Crippen LogP contribution in [0, 0.1) is 11.3 Å². The highest BCUT2D eigenvalue weighted by Gasteiger charge is 2.48. The number of likely N-dealkylation sites (tertiary alicyclic amines) is 1. The second-order valence-electron chi connectivity index (χ2n) is 32.8. The van der Waals surface area contributed by atoms with Gasteiger partial charge in [0.1, 0.15) is 84.6 Å². The van der Waals surface area contributed by atoms with Crippen LogP contribution < -0.4 is 42.5 Å². The van der Waals surface area contributed by atoms with E-state index in [2.05, 4.69) is 42.5 Å². The lowest BCUT2D eigenvalue weighted by Crippen LogP contribution is -2.64. The molecule has 41 nitrogen and oxygen atoms in total. The van der Waals surface area contributed by atoms with Gasteiger partial charge in [-0.3, -0.25) is 57.3 Å². The van der Waals surface area contributed by atoms with Crippen molar-refractivity contribution >= 4 is 72.3 Å². The van der Waals surface area contributed by atoms with Gasteiger partial charge in [0.25, 0.3) is 0 Å². The van der Waals surface area contributed by atoms with Crippen LogP contribution in [0.2, 0.25) is 0 Å². The van der Waals surface area contributed by atoms with E-state index < -0.39 is 142 Å². The van der Waals surface area contributed by atoms with Crippen molar-refractivity contribution < 1.29 is 155 Å². The Morgan fingerprint density at radius 1 is 0.403 bits per heavy atom. The lowest BCUT2D eigenvalue weighted by molar-refractivity contribution is -0.270. The molecule has 4 rings (SSSR count). The van der Waals surface area contributed by atoms with Gasteiger partial charge in [-0.15, -0.1) is 0 Å². The van der Waals surface area contributed by atoms with Gasteiger partial charge >= 0.3 is 7.60 Å². The second kappa shape index (κ2) is 62.3. The molecular weight excluding hydrogens is 1650 g/mol. The largest absolute Gasteiger partial charge is 0.394 e. The van der Waals surface area contributed by atoms with E-state index >= 15 is 0 Å². The molecule has 124 heavy (non-hydrogen) atoms. The molecular formula is C82H146N9O32P. The first kappa shape index (κ1) is 110. The van der Waals surface area contributed by atoms with Crippen molar-refractivity contribution in [3.63, 3.8) is 0 Å². The maximum absolute atomic E-state index is 14.2. The highest BCUT2D eigenvalue weighted by molar-refractivity contribution is 7.51. The summed E-state index contributed by atoms with van der Waals surface area (Å²) in [5.74, 6) is -2.89. The molecule has 0 spiro atoms. The average molecular weight is 1800 g/mol. The SMILES string of the molecule is CC(=O)NC1C(OCCCCC(=O)CCCCNC(=O)CCOCC(COCCC(=O)NCCCNC(=O)CCCCOC2OC(CO)C(O)C(O)C2NC(C)=O)(COCCC(=O)NCCCNC(=O)CCCCOC2OC(CO)C(O)C(O)C2NC(C)=O)CC(=O)CCCCCCCCCCC(=O)N2C[C@H](C)C[C@H]2COP(C)(=O)O)OC(CO)C(O)C1O. The van der Waals surface area contributed by atoms with Crippen molar-refractivity contribution in [3.8, 4) is 0 Å². The van der Waals surface area contributed by atoms with E-state index in [4.69, 9.17) is 47.2 Å². The van der Waals surface area contributed by atoms with Crippen LogP contribution in [0.4, 0.5) is 0 Å². The Hall–Kier alpha value is -6.00. The number of hydrogen-bond donors (Lipinski definition) is 18. The topological polar surface area (TPSA) is 599 Å². The predicted octanol–water partition coefficient (Wildman–Crippen LogP) is -1.39. The number of ketones is 2. The second-order valence-corrected chi connectivity index (χ2v) is 34.7. The zero-order valence-electron chi connectivity index (χ0n) is 73.1. The molecule has 4 aliphatic heterocycles. The van der Waals surface area contributed by atoms with E-state index in [9.17, 15) is 108 Å². The molecule has 4 fully saturated rings. The van der Waals surface area contributed by atoms with Crippen LogP contribution in [0.5, 0.6) is 0 Å². The fourth-order valence-corrected chi connectivity index (χ4v) is 15.2. The number of aliphatic hydroxyl groups excluding tert-OH is 9. The third-order valence-corrected chi connectivity index (χ3v) is 22.1. The first-order valence-corrected chi connectivity index (χ1v) is 46.1. The van der Waals surface area contributed by atoms with Gasteiger partial charge in [-0.1, -0.05) is 45.4 Å². The summed E-state index contributed by atoms with van der Waals surface area (Å²) >= 11 is 0. The van der Waals surface area contributed by atoms with Gasteiger partial charge in [0.05, 0.1) is 72.1 Å². The van der Waals surface area contributed by atoms with E-state index in [1.807, 2.05) is 6.92 Å². The number of unbranched alkanes of at least 4 members (excludes halogenated alkanes) is 11. The average Bonchev–Trinajstić information content (AvgIpc) is 1.01. The smallest absolute Gasteiger partial charge is 0.325 e. The number of ether oxygens (including phenoxy) is 9. The van der Waals surface area contributed by atoms with Crippen LogP contribution in [0.15, 0.2) is 0 Å². The summed E-state index contributed by atoms with van der Waals surface area (Å²) in [5.41, 5.74) is -1.19. The Kier molecular flexibility index (Phi) is 55.4. The summed E-state index contributed by atoms with van der Waals surface area (Å²) in [5, 5.41) is 113. The number of nitrogens with zero attached hydrogens (tertiary/aromatic N) is 1. The number of carbonyl (C=O) groups is 11. The molecule has 716 valence electrons. The number of Topliss-reactive ketones (excluding diaryl/α,β-unsaturated/α-hetero) is 2. The quantitative estimate of drug-likeness (QED) is 0.0246. The number of amides is 9. The van der Waals surface area contributed by atoms with Crippen LogP contribution in [0.1, 0.15) is 214 Å². The summed E-state index contributed by atoms with van der Waals surface area (Å²) in [6.07, 6.45) is -3.16. The standard InChI is InChI=1S/C82H146N9O32P/c1-54-44-58(50-120-124(5,112)113)91(46-54)69(105)29-13-11-9-7-6-8-10-12-26-60(99)45-82(51-114-41-30-66(102)83-33-18-14-24-59(98)25-15-19-38-117-79-70(88-55(2)95)76(109)73(106)61(47-92)121-79,52-115-42-31-67(103)86-36-22-34-84-64(100)27-16-20-39-118-80-71(89-56(3)96)77(110)74(107)62(48-93)122-80)53-116-43-32-68(104)87-37-23-35-85-65(101)28-17-21-40-119-81-72(90-57(4)97)78(111)75(108)63(49-94)123-81/h54,58,61-63,70-81,92-94,106-111H,6-53H2,1-5H3,(H,83,102)(H,84,100)(H,85,101)(H,86,103)(H,87,104)(H,88,95)(H,89,96)(H,90,97)(H,112,113)/t54-,58+,61?,62?,63?,70?,71?,72?,73?,74?,75?,76?,77?,78?,79?,80?,81?,82?/m1/s1. The van der Waals surface area contributed by atoms with Gasteiger partial charge in [-0.05, 0) is 89.4 Å². The Balaban J connectivity index is 1.31. The van der Waals surface area contributed by atoms with Crippen molar-refractivity contribution in [1.29, 1.82) is 0 Å². The van der Waals surface area contributed by atoms with Gasteiger partial charge in [0.15, 0.2) is 18.9 Å². The van der Waals surface area contributed by atoms with E-state index in [0.717, 1.165) is 45.2 Å². The molecule has 18 atom stereocenters. The summed E-state index contributed by atoms with van der Waals surface area (Å²) in [6.45, 7) is 6.41. The van der Waals surface area contributed by atoms with Crippen molar-refractivity contribution in [3.05, 3.63) is 0 Å². The molecule has 0 aromatic heterocycles. The highest BCUT2D eigenvalue weighted by atomic mass is 31.2. The van der Waals surface area contributed by atoms with Crippen LogP contribution in [0.25, 0.3) is 0 Å². The molecule has 4 heterocycles. The Labute approximate surface area is 727 Å². The molecule has 18 N–H and O–H groups in total. The first-order chi connectivity index (χ1) is 59.2. The van der Waals surface area contributed by atoms with Crippen LogP contribution in [0.3, 0.4) is 0 Å². The number of rotatable bonds is 68. The molecule has 16 unspecified atom stereocenters. The molecule has 0 aromatic carbocycles. The van der Waals surface area contributed by atoms with Crippen LogP contribution >= 0.6 is 7.60 Å². The molecule has 0 radical (unpaired) electrons. The van der Waals surface area contributed by atoms with Crippen molar-refractivity contribution in [1.82, 2.24) is 47.4 Å². The van der Waals surface area contributed by atoms with Gasteiger partial charge < -0.3 is 145 Å². The Morgan fingerprint density at radius 3 is 1.07 bits per heavy atom. The summed E-state index contributed by atoms with van der Waals surface area (Å²) in [4.78, 5) is 152. The minimum absolute atomic E-state index is 0.00210. The third kappa shape index (κ3) is 45.3. The van der Waals surface area contributed by atoms with E-state index in [0.29, 0.717) is 96.4 Å². The summed E-state index contributed by atoms with van der Waals surface area (Å²) in [7, 11) is -3.68. The molecule has 0 saturated carbocycles. The molecule has 9 amide bonds. The number of nitrogens with one attached hydrogen (secondary N) is 8. The molecule has 0 aromatic rings. The maximum Gasteiger partial charge on any atom is 0.325 e. The van der Waals surface area contributed by atoms with Gasteiger partial charge in [0.2, 0.25) is 53.2 Å².